The minimum atomic E-state index is -3.81. The van der Waals surface area contributed by atoms with Crippen LogP contribution in [-0.4, -0.2) is 49.9 Å². The Labute approximate surface area is 150 Å². The maximum absolute atomic E-state index is 14.1. The third-order valence-electron chi connectivity index (χ3n) is 3.97. The van der Waals surface area contributed by atoms with E-state index in [1.165, 1.54) is 4.31 Å². The van der Waals surface area contributed by atoms with E-state index < -0.39 is 21.7 Å². The average molecular weight is 379 g/mol. The molecule has 1 aromatic carbocycles. The van der Waals surface area contributed by atoms with Crippen LogP contribution in [0.5, 0.6) is 0 Å². The second kappa shape index (κ2) is 7.90. The molecule has 0 saturated carbocycles. The lowest BCUT2D eigenvalue weighted by Crippen LogP contribution is -2.40. The molecule has 0 atom stereocenters. The van der Waals surface area contributed by atoms with E-state index in [1.807, 2.05) is 0 Å². The molecule has 0 radical (unpaired) electrons. The van der Waals surface area contributed by atoms with E-state index >= 15 is 0 Å². The number of amides is 1. The first kappa shape index (κ1) is 18.4. The van der Waals surface area contributed by atoms with Gasteiger partial charge in [-0.25, -0.2) is 12.8 Å². The monoisotopic (exact) mass is 379 g/mol. The maximum Gasteiger partial charge on any atom is 0.254 e. The minimum Gasteiger partial charge on any atom is -0.379 e. The Bertz CT molecular complexity index is 884. The van der Waals surface area contributed by atoms with Gasteiger partial charge < -0.3 is 10.1 Å². The maximum atomic E-state index is 14.1. The molecule has 1 aliphatic heterocycles. The lowest BCUT2D eigenvalue weighted by atomic mass is 10.2. The third-order valence-corrected chi connectivity index (χ3v) is 5.86. The molecule has 1 aromatic heterocycles. The predicted octanol–water partition coefficient (Wildman–Crippen LogP) is 1.17. The topological polar surface area (TPSA) is 88.6 Å². The van der Waals surface area contributed by atoms with Gasteiger partial charge in [0, 0.05) is 32.0 Å². The minimum absolute atomic E-state index is 0.118. The number of nitrogens with zero attached hydrogens (tertiary/aromatic N) is 2. The molecule has 1 saturated heterocycles. The molecule has 26 heavy (non-hydrogen) atoms. The number of rotatable bonds is 5. The molecule has 1 amide bonds. The molecule has 0 bridgehead atoms. The van der Waals surface area contributed by atoms with Crippen molar-refractivity contribution in [3.63, 3.8) is 0 Å². The summed E-state index contributed by atoms with van der Waals surface area (Å²) in [6, 6.07) is 6.71. The van der Waals surface area contributed by atoms with Crippen LogP contribution in [0.25, 0.3) is 0 Å². The molecule has 3 rings (SSSR count). The lowest BCUT2D eigenvalue weighted by Gasteiger charge is -2.26. The van der Waals surface area contributed by atoms with Crippen molar-refractivity contribution in [2.24, 2.45) is 0 Å². The normalized spacial score (nSPS) is 15.6. The van der Waals surface area contributed by atoms with Gasteiger partial charge in [-0.05, 0) is 29.8 Å². The Morgan fingerprint density at radius 2 is 2.04 bits per heavy atom. The Morgan fingerprint density at radius 1 is 1.27 bits per heavy atom. The average Bonchev–Trinajstić information content (AvgIpc) is 2.68. The first-order valence-corrected chi connectivity index (χ1v) is 9.47. The predicted molar refractivity (Wildman–Crippen MR) is 91.4 cm³/mol. The molecule has 1 N–H and O–H groups in total. The molecule has 7 nitrogen and oxygen atoms in total. The van der Waals surface area contributed by atoms with Crippen molar-refractivity contribution < 1.29 is 22.3 Å². The summed E-state index contributed by atoms with van der Waals surface area (Å²) in [4.78, 5) is 16.1. The highest BCUT2D eigenvalue weighted by Crippen LogP contribution is 2.20. The van der Waals surface area contributed by atoms with Gasteiger partial charge >= 0.3 is 0 Å². The van der Waals surface area contributed by atoms with Crippen molar-refractivity contribution in [3.8, 4) is 0 Å². The van der Waals surface area contributed by atoms with Gasteiger partial charge in [-0.1, -0.05) is 6.07 Å². The molecule has 0 aliphatic carbocycles. The van der Waals surface area contributed by atoms with Crippen molar-refractivity contribution in [2.45, 2.75) is 11.4 Å². The van der Waals surface area contributed by atoms with Crippen molar-refractivity contribution in [3.05, 3.63) is 59.7 Å². The quantitative estimate of drug-likeness (QED) is 0.843. The van der Waals surface area contributed by atoms with E-state index in [1.54, 1.807) is 24.5 Å². The number of hydrogen-bond donors (Lipinski definition) is 1. The molecule has 1 fully saturated rings. The van der Waals surface area contributed by atoms with Crippen molar-refractivity contribution in [2.75, 3.05) is 26.3 Å². The highest BCUT2D eigenvalue weighted by molar-refractivity contribution is 7.89. The fourth-order valence-corrected chi connectivity index (χ4v) is 3.99. The molecular formula is C17H18FN3O4S. The second-order valence-corrected chi connectivity index (χ2v) is 7.64. The zero-order valence-electron chi connectivity index (χ0n) is 13.9. The number of aromatic nitrogens is 1. The zero-order chi connectivity index (χ0) is 18.6. The Balaban J connectivity index is 1.79. The van der Waals surface area contributed by atoms with Gasteiger partial charge in [-0.15, -0.1) is 0 Å². The smallest absolute Gasteiger partial charge is 0.254 e. The molecule has 1 aliphatic rings. The van der Waals surface area contributed by atoms with Gasteiger partial charge in [0.15, 0.2) is 0 Å². The SMILES string of the molecule is O=C(NCc1cccnc1)c1cc(S(=O)(=O)N2CCOCC2)ccc1F. The Hall–Kier alpha value is -2.36. The summed E-state index contributed by atoms with van der Waals surface area (Å²) in [7, 11) is -3.81. The van der Waals surface area contributed by atoms with E-state index in [2.05, 4.69) is 10.3 Å². The fourth-order valence-electron chi connectivity index (χ4n) is 2.56. The number of benzene rings is 1. The second-order valence-electron chi connectivity index (χ2n) is 5.70. The number of pyridine rings is 1. The molecule has 9 heteroatoms. The zero-order valence-corrected chi connectivity index (χ0v) is 14.7. The molecule has 138 valence electrons. The molecule has 0 unspecified atom stereocenters. The standard InChI is InChI=1S/C17H18FN3O4S/c18-16-4-3-14(26(23,24)21-6-8-25-9-7-21)10-15(16)17(22)20-12-13-2-1-5-19-11-13/h1-5,10-11H,6-9,12H2,(H,20,22). The van der Waals surface area contributed by atoms with Crippen LogP contribution in [0.15, 0.2) is 47.6 Å². The van der Waals surface area contributed by atoms with E-state index in [9.17, 15) is 17.6 Å². The lowest BCUT2D eigenvalue weighted by molar-refractivity contribution is 0.0730. The number of ether oxygens (including phenoxy) is 1. The first-order valence-electron chi connectivity index (χ1n) is 8.03. The summed E-state index contributed by atoms with van der Waals surface area (Å²) >= 11 is 0. The van der Waals surface area contributed by atoms with Crippen molar-refractivity contribution >= 4 is 15.9 Å². The summed E-state index contributed by atoms with van der Waals surface area (Å²) in [5.74, 6) is -1.47. The van der Waals surface area contributed by atoms with E-state index in [4.69, 9.17) is 4.74 Å². The van der Waals surface area contributed by atoms with E-state index in [0.717, 1.165) is 23.8 Å². The van der Waals surface area contributed by atoms with Gasteiger partial charge in [-0.2, -0.15) is 4.31 Å². The summed E-state index contributed by atoms with van der Waals surface area (Å²) in [5, 5.41) is 2.57. The van der Waals surface area contributed by atoms with Gasteiger partial charge in [0.05, 0.1) is 23.7 Å². The largest absolute Gasteiger partial charge is 0.379 e. The number of carbonyl (C=O) groups is 1. The number of carbonyl (C=O) groups excluding carboxylic acids is 1. The number of hydrogen-bond acceptors (Lipinski definition) is 5. The van der Waals surface area contributed by atoms with Crippen molar-refractivity contribution in [1.82, 2.24) is 14.6 Å². The third kappa shape index (κ3) is 4.06. The van der Waals surface area contributed by atoms with Crippen LogP contribution in [0.2, 0.25) is 0 Å². The summed E-state index contributed by atoms with van der Waals surface area (Å²) < 4.78 is 45.8. The number of nitrogens with one attached hydrogen (secondary N) is 1. The fraction of sp³-hybridized carbons (Fsp3) is 0.294. The van der Waals surface area contributed by atoms with Crippen molar-refractivity contribution in [1.29, 1.82) is 0 Å². The molecular weight excluding hydrogens is 361 g/mol. The Kier molecular flexibility index (Phi) is 5.60. The summed E-state index contributed by atoms with van der Waals surface area (Å²) in [6.45, 7) is 1.22. The first-order chi connectivity index (χ1) is 12.5. The van der Waals surface area contributed by atoms with Crippen LogP contribution in [0, 0.1) is 5.82 Å². The van der Waals surface area contributed by atoms with Gasteiger partial charge in [-0.3, -0.25) is 9.78 Å². The van der Waals surface area contributed by atoms with Crippen LogP contribution in [0.4, 0.5) is 4.39 Å². The van der Waals surface area contributed by atoms with Crippen LogP contribution in [0.3, 0.4) is 0 Å². The Morgan fingerprint density at radius 3 is 2.73 bits per heavy atom. The molecule has 2 aromatic rings. The van der Waals surface area contributed by atoms with E-state index in [0.29, 0.717) is 13.2 Å². The molecule has 0 spiro atoms. The number of morpholine rings is 1. The summed E-state index contributed by atoms with van der Waals surface area (Å²) in [5.41, 5.74) is 0.432. The van der Waals surface area contributed by atoms with Crippen LogP contribution in [-0.2, 0) is 21.3 Å². The van der Waals surface area contributed by atoms with E-state index in [-0.39, 0.29) is 30.1 Å². The highest BCUT2D eigenvalue weighted by atomic mass is 32.2. The van der Waals surface area contributed by atoms with Crippen LogP contribution < -0.4 is 5.32 Å². The number of halogens is 1. The van der Waals surface area contributed by atoms with Gasteiger partial charge in [0.2, 0.25) is 10.0 Å². The number of sulfonamides is 1. The van der Waals surface area contributed by atoms with Gasteiger partial charge in [0.1, 0.15) is 5.82 Å². The van der Waals surface area contributed by atoms with Gasteiger partial charge in [0.25, 0.3) is 5.91 Å². The van der Waals surface area contributed by atoms with Crippen LogP contribution in [0.1, 0.15) is 15.9 Å². The summed E-state index contributed by atoms with van der Waals surface area (Å²) in [6.07, 6.45) is 3.18. The van der Waals surface area contributed by atoms with Crippen LogP contribution >= 0.6 is 0 Å². The molecule has 2 heterocycles. The highest BCUT2D eigenvalue weighted by Gasteiger charge is 2.27.